The standard InChI is InChI=1S/C15H17F3N2S/c1-3-12(19-4-2)10-6-5-7-11(8-10)13-9-20-14(21-13)15(16,17)18/h5-9,12,19H,3-4H2,1-2H3. The molecule has 0 amide bonds. The summed E-state index contributed by atoms with van der Waals surface area (Å²) in [7, 11) is 0. The largest absolute Gasteiger partial charge is 0.443 e. The molecule has 1 aromatic heterocycles. The molecule has 0 radical (unpaired) electrons. The Balaban J connectivity index is 2.30. The van der Waals surface area contributed by atoms with Crippen LogP contribution >= 0.6 is 11.3 Å². The van der Waals surface area contributed by atoms with E-state index in [-0.39, 0.29) is 6.04 Å². The van der Waals surface area contributed by atoms with Crippen molar-refractivity contribution in [2.75, 3.05) is 6.54 Å². The van der Waals surface area contributed by atoms with Crippen LogP contribution in [0, 0.1) is 0 Å². The summed E-state index contributed by atoms with van der Waals surface area (Å²) in [5.74, 6) is 0. The number of hydrogen-bond acceptors (Lipinski definition) is 3. The van der Waals surface area contributed by atoms with Gasteiger partial charge in [0.2, 0.25) is 0 Å². The van der Waals surface area contributed by atoms with Crippen LogP contribution < -0.4 is 5.32 Å². The molecule has 6 heteroatoms. The van der Waals surface area contributed by atoms with E-state index in [0.29, 0.717) is 16.2 Å². The number of rotatable bonds is 5. The third-order valence-electron chi connectivity index (χ3n) is 3.18. The van der Waals surface area contributed by atoms with Gasteiger partial charge in [-0.15, -0.1) is 11.3 Å². The third-order valence-corrected chi connectivity index (χ3v) is 4.27. The lowest BCUT2D eigenvalue weighted by molar-refractivity contribution is -0.137. The molecule has 0 saturated carbocycles. The average Bonchev–Trinajstić information content (AvgIpc) is 2.95. The van der Waals surface area contributed by atoms with Crippen LogP contribution in [0.2, 0.25) is 0 Å². The van der Waals surface area contributed by atoms with Crippen LogP contribution in [-0.4, -0.2) is 11.5 Å². The van der Waals surface area contributed by atoms with E-state index in [1.54, 1.807) is 0 Å². The predicted octanol–water partition coefficient (Wildman–Crippen LogP) is 4.89. The minimum atomic E-state index is -4.38. The van der Waals surface area contributed by atoms with E-state index >= 15 is 0 Å². The highest BCUT2D eigenvalue weighted by atomic mass is 32.1. The zero-order valence-electron chi connectivity index (χ0n) is 11.9. The van der Waals surface area contributed by atoms with E-state index in [2.05, 4.69) is 17.2 Å². The second kappa shape index (κ2) is 6.58. The first-order valence-electron chi connectivity index (χ1n) is 6.82. The monoisotopic (exact) mass is 314 g/mol. The van der Waals surface area contributed by atoms with Crippen LogP contribution in [0.5, 0.6) is 0 Å². The van der Waals surface area contributed by atoms with Gasteiger partial charge in [0, 0.05) is 12.2 Å². The Bertz CT molecular complexity index is 593. The fourth-order valence-corrected chi connectivity index (χ4v) is 2.97. The molecule has 114 valence electrons. The van der Waals surface area contributed by atoms with E-state index < -0.39 is 11.2 Å². The lowest BCUT2D eigenvalue weighted by Gasteiger charge is -2.16. The third kappa shape index (κ3) is 3.83. The minimum absolute atomic E-state index is 0.213. The van der Waals surface area contributed by atoms with E-state index in [4.69, 9.17) is 0 Å². The highest BCUT2D eigenvalue weighted by Gasteiger charge is 2.34. The van der Waals surface area contributed by atoms with Gasteiger partial charge in [-0.1, -0.05) is 32.0 Å². The molecule has 1 aromatic carbocycles. The highest BCUT2D eigenvalue weighted by Crippen LogP contribution is 2.36. The molecule has 0 aliphatic heterocycles. The Morgan fingerprint density at radius 2 is 2.05 bits per heavy atom. The van der Waals surface area contributed by atoms with Gasteiger partial charge in [-0.25, -0.2) is 4.98 Å². The van der Waals surface area contributed by atoms with Gasteiger partial charge in [0.1, 0.15) is 0 Å². The summed E-state index contributed by atoms with van der Waals surface area (Å²) in [5.41, 5.74) is 1.86. The summed E-state index contributed by atoms with van der Waals surface area (Å²) in [6, 6.07) is 7.83. The Hall–Kier alpha value is -1.40. The molecule has 0 aliphatic rings. The second-order valence-electron chi connectivity index (χ2n) is 4.67. The van der Waals surface area contributed by atoms with Crippen LogP contribution in [0.3, 0.4) is 0 Å². The molecule has 1 unspecified atom stereocenters. The van der Waals surface area contributed by atoms with Crippen LogP contribution in [-0.2, 0) is 6.18 Å². The molecular formula is C15H17F3N2S. The SMILES string of the molecule is CCNC(CC)c1cccc(-c2cnc(C(F)(F)F)s2)c1. The molecule has 2 nitrogen and oxygen atoms in total. The molecule has 1 heterocycles. The van der Waals surface area contributed by atoms with E-state index in [0.717, 1.165) is 24.1 Å². The molecular weight excluding hydrogens is 297 g/mol. The zero-order valence-corrected chi connectivity index (χ0v) is 12.7. The van der Waals surface area contributed by atoms with Gasteiger partial charge in [0.15, 0.2) is 5.01 Å². The van der Waals surface area contributed by atoms with Crippen molar-refractivity contribution in [3.8, 4) is 10.4 Å². The normalized spacial score (nSPS) is 13.4. The minimum Gasteiger partial charge on any atom is -0.310 e. The van der Waals surface area contributed by atoms with E-state index in [9.17, 15) is 13.2 Å². The van der Waals surface area contributed by atoms with Gasteiger partial charge in [0.05, 0.1) is 4.88 Å². The lowest BCUT2D eigenvalue weighted by atomic mass is 10.0. The fraction of sp³-hybridized carbons (Fsp3) is 0.400. The molecule has 1 atom stereocenters. The maximum atomic E-state index is 12.6. The summed E-state index contributed by atoms with van der Waals surface area (Å²) < 4.78 is 37.9. The summed E-state index contributed by atoms with van der Waals surface area (Å²) in [6.45, 7) is 4.96. The Morgan fingerprint density at radius 3 is 2.62 bits per heavy atom. The van der Waals surface area contributed by atoms with Crippen molar-refractivity contribution in [2.24, 2.45) is 0 Å². The maximum absolute atomic E-state index is 12.6. The molecule has 0 spiro atoms. The summed E-state index contributed by atoms with van der Waals surface area (Å²) in [4.78, 5) is 4.01. The second-order valence-corrected chi connectivity index (χ2v) is 5.70. The molecule has 21 heavy (non-hydrogen) atoms. The van der Waals surface area contributed by atoms with Crippen LogP contribution in [0.4, 0.5) is 13.2 Å². The van der Waals surface area contributed by atoms with Crippen molar-refractivity contribution in [2.45, 2.75) is 32.5 Å². The van der Waals surface area contributed by atoms with Gasteiger partial charge in [-0.3, -0.25) is 0 Å². The van der Waals surface area contributed by atoms with Gasteiger partial charge < -0.3 is 5.32 Å². The molecule has 0 saturated heterocycles. The predicted molar refractivity (Wildman–Crippen MR) is 79.3 cm³/mol. The van der Waals surface area contributed by atoms with Crippen molar-refractivity contribution in [3.05, 3.63) is 41.0 Å². The smallest absolute Gasteiger partial charge is 0.310 e. The van der Waals surface area contributed by atoms with E-state index in [1.165, 1.54) is 6.20 Å². The van der Waals surface area contributed by atoms with Crippen molar-refractivity contribution < 1.29 is 13.2 Å². The first kappa shape index (κ1) is 16.0. The van der Waals surface area contributed by atoms with E-state index in [1.807, 2.05) is 31.2 Å². The maximum Gasteiger partial charge on any atom is 0.443 e. The molecule has 2 rings (SSSR count). The Kier molecular flexibility index (Phi) is 5.00. The fourth-order valence-electron chi connectivity index (χ4n) is 2.19. The summed E-state index contributed by atoms with van der Waals surface area (Å²) >= 11 is 0.678. The van der Waals surface area contributed by atoms with Gasteiger partial charge in [-0.05, 0) is 30.2 Å². The quantitative estimate of drug-likeness (QED) is 0.850. The van der Waals surface area contributed by atoms with Gasteiger partial charge in [0.25, 0.3) is 0 Å². The number of thiazole rings is 1. The van der Waals surface area contributed by atoms with Gasteiger partial charge in [-0.2, -0.15) is 13.2 Å². The average molecular weight is 314 g/mol. The number of nitrogens with one attached hydrogen (secondary N) is 1. The van der Waals surface area contributed by atoms with Crippen LogP contribution in [0.25, 0.3) is 10.4 Å². The molecule has 2 aromatic rings. The summed E-state index contributed by atoms with van der Waals surface area (Å²) in [6.07, 6.45) is -2.16. The first-order valence-corrected chi connectivity index (χ1v) is 7.64. The van der Waals surface area contributed by atoms with Crippen molar-refractivity contribution >= 4 is 11.3 Å². The van der Waals surface area contributed by atoms with Crippen molar-refractivity contribution in [3.63, 3.8) is 0 Å². The Morgan fingerprint density at radius 1 is 1.29 bits per heavy atom. The zero-order chi connectivity index (χ0) is 15.5. The number of aromatic nitrogens is 1. The number of halogens is 3. The first-order chi connectivity index (χ1) is 9.95. The number of hydrogen-bond donors (Lipinski definition) is 1. The number of nitrogens with zero attached hydrogens (tertiary/aromatic N) is 1. The van der Waals surface area contributed by atoms with Crippen LogP contribution in [0.15, 0.2) is 30.5 Å². The summed E-state index contributed by atoms with van der Waals surface area (Å²) in [5, 5.41) is 2.56. The van der Waals surface area contributed by atoms with Crippen LogP contribution in [0.1, 0.15) is 36.9 Å². The highest BCUT2D eigenvalue weighted by molar-refractivity contribution is 7.15. The molecule has 0 fully saturated rings. The lowest BCUT2D eigenvalue weighted by Crippen LogP contribution is -2.19. The van der Waals surface area contributed by atoms with Crippen molar-refractivity contribution in [1.82, 2.24) is 10.3 Å². The molecule has 0 aliphatic carbocycles. The molecule has 0 bridgehead atoms. The van der Waals surface area contributed by atoms with Gasteiger partial charge >= 0.3 is 6.18 Å². The number of alkyl halides is 3. The topological polar surface area (TPSA) is 24.9 Å². The number of benzene rings is 1. The molecule has 1 N–H and O–H groups in total. The van der Waals surface area contributed by atoms with Crippen molar-refractivity contribution in [1.29, 1.82) is 0 Å². The Labute approximate surface area is 126 Å².